The average molecular weight is 323 g/mol. The zero-order chi connectivity index (χ0) is 14.0. The molecule has 5 heteroatoms. The minimum atomic E-state index is -0.819. The number of aromatic amines is 1. The quantitative estimate of drug-likeness (QED) is 0.905. The van der Waals surface area contributed by atoms with Crippen LogP contribution in [0.3, 0.4) is 0 Å². The minimum absolute atomic E-state index is 0.0756. The van der Waals surface area contributed by atoms with Crippen molar-refractivity contribution in [3.8, 4) is 11.3 Å². The Morgan fingerprint density at radius 2 is 2.16 bits per heavy atom. The maximum absolute atomic E-state index is 10.6. The van der Waals surface area contributed by atoms with E-state index in [0.717, 1.165) is 21.4 Å². The summed E-state index contributed by atoms with van der Waals surface area (Å²) in [7, 11) is 0. The predicted octanol–water partition coefficient (Wildman–Crippen LogP) is 3.47. The molecule has 1 heterocycles. The molecular weight excluding hydrogens is 308 g/mol. The number of nitrogens with zero attached hydrogens (tertiary/aromatic N) is 1. The van der Waals surface area contributed by atoms with Crippen LogP contribution in [0.5, 0.6) is 0 Å². The molecule has 4 nitrogen and oxygen atoms in total. The highest BCUT2D eigenvalue weighted by Crippen LogP contribution is 2.29. The van der Waals surface area contributed by atoms with Crippen LogP contribution < -0.4 is 0 Å². The van der Waals surface area contributed by atoms with Crippen molar-refractivity contribution in [1.29, 1.82) is 0 Å². The van der Waals surface area contributed by atoms with Gasteiger partial charge in [0.1, 0.15) is 16.1 Å². The number of H-pyrrole nitrogens is 1. The van der Waals surface area contributed by atoms with E-state index in [1.54, 1.807) is 0 Å². The first-order valence-electron chi connectivity index (χ1n) is 6.01. The van der Waals surface area contributed by atoms with Crippen molar-refractivity contribution in [1.82, 2.24) is 9.97 Å². The van der Waals surface area contributed by atoms with Crippen LogP contribution in [0.25, 0.3) is 11.3 Å². The van der Waals surface area contributed by atoms with Gasteiger partial charge in [0.2, 0.25) is 0 Å². The molecular formula is C14H15BrN2O2. The second kappa shape index (κ2) is 5.57. The number of hydrogen-bond acceptors (Lipinski definition) is 2. The molecule has 0 atom stereocenters. The Morgan fingerprint density at radius 1 is 1.42 bits per heavy atom. The van der Waals surface area contributed by atoms with Crippen molar-refractivity contribution in [2.45, 2.75) is 26.7 Å². The number of benzene rings is 1. The van der Waals surface area contributed by atoms with Crippen molar-refractivity contribution in [2.75, 3.05) is 0 Å². The highest BCUT2D eigenvalue weighted by Gasteiger charge is 2.13. The maximum Gasteiger partial charge on any atom is 0.303 e. The Balaban J connectivity index is 2.34. The number of carbonyl (C=O) groups is 1. The summed E-state index contributed by atoms with van der Waals surface area (Å²) in [4.78, 5) is 18.2. The highest BCUT2D eigenvalue weighted by atomic mass is 79.9. The molecule has 0 aliphatic rings. The van der Waals surface area contributed by atoms with Crippen molar-refractivity contribution in [3.63, 3.8) is 0 Å². The zero-order valence-electron chi connectivity index (χ0n) is 10.8. The van der Waals surface area contributed by atoms with Gasteiger partial charge in [-0.25, -0.2) is 4.98 Å². The van der Waals surface area contributed by atoms with Gasteiger partial charge in [-0.2, -0.15) is 0 Å². The minimum Gasteiger partial charge on any atom is -0.481 e. The van der Waals surface area contributed by atoms with Gasteiger partial charge in [0, 0.05) is 12.0 Å². The van der Waals surface area contributed by atoms with Crippen LogP contribution in [-0.2, 0) is 11.2 Å². The molecule has 0 amide bonds. The summed E-state index contributed by atoms with van der Waals surface area (Å²) in [5.41, 5.74) is 4.21. The summed E-state index contributed by atoms with van der Waals surface area (Å²) in [5, 5.41) is 8.70. The first kappa shape index (κ1) is 13.8. The molecule has 1 aromatic heterocycles. The fraction of sp³-hybridized carbons (Fsp3) is 0.286. The number of aromatic nitrogens is 2. The molecule has 1 aromatic carbocycles. The Bertz CT molecular complexity index is 620. The highest BCUT2D eigenvalue weighted by molar-refractivity contribution is 9.10. The summed E-state index contributed by atoms with van der Waals surface area (Å²) < 4.78 is 0.793. The van der Waals surface area contributed by atoms with Crippen molar-refractivity contribution in [2.24, 2.45) is 0 Å². The second-order valence-electron chi connectivity index (χ2n) is 4.56. The van der Waals surface area contributed by atoms with E-state index in [4.69, 9.17) is 5.11 Å². The molecule has 0 radical (unpaired) electrons. The first-order chi connectivity index (χ1) is 8.97. The first-order valence-corrected chi connectivity index (χ1v) is 6.80. The summed E-state index contributed by atoms with van der Waals surface area (Å²) in [6, 6.07) is 6.20. The van der Waals surface area contributed by atoms with Gasteiger partial charge in [-0.05, 0) is 41.4 Å². The molecule has 0 bridgehead atoms. The number of nitrogens with one attached hydrogen (secondary N) is 1. The van der Waals surface area contributed by atoms with Gasteiger partial charge in [0.15, 0.2) is 0 Å². The number of hydrogen-bond donors (Lipinski definition) is 2. The van der Waals surface area contributed by atoms with Crippen molar-refractivity contribution < 1.29 is 9.90 Å². The standard InChI is InChI=1S/C14H15BrN2O2/c1-8-3-4-9(2)10(7-8)13-14(15)17-11(16-13)5-6-12(18)19/h3-4,7H,5-6H2,1-2H3,(H,16,17)(H,18,19). The molecule has 19 heavy (non-hydrogen) atoms. The van der Waals surface area contributed by atoms with Gasteiger partial charge in [0.25, 0.3) is 0 Å². The van der Waals surface area contributed by atoms with E-state index in [1.807, 2.05) is 13.8 Å². The second-order valence-corrected chi connectivity index (χ2v) is 5.35. The van der Waals surface area contributed by atoms with E-state index in [9.17, 15) is 4.79 Å². The Labute approximate surface area is 120 Å². The smallest absolute Gasteiger partial charge is 0.303 e. The Hall–Kier alpha value is -1.62. The molecule has 2 N–H and O–H groups in total. The van der Waals surface area contributed by atoms with Crippen molar-refractivity contribution in [3.05, 3.63) is 39.8 Å². The lowest BCUT2D eigenvalue weighted by Gasteiger charge is -2.04. The summed E-state index contributed by atoms with van der Waals surface area (Å²) >= 11 is 3.45. The molecule has 100 valence electrons. The zero-order valence-corrected chi connectivity index (χ0v) is 12.4. The lowest BCUT2D eigenvalue weighted by molar-refractivity contribution is -0.137. The van der Waals surface area contributed by atoms with Crippen LogP contribution in [0.4, 0.5) is 0 Å². The van der Waals surface area contributed by atoms with Gasteiger partial charge < -0.3 is 10.1 Å². The molecule has 0 aliphatic heterocycles. The number of aryl methyl sites for hydroxylation is 3. The number of imidazole rings is 1. The largest absolute Gasteiger partial charge is 0.481 e. The summed E-state index contributed by atoms with van der Waals surface area (Å²) in [6.07, 6.45) is 0.477. The van der Waals surface area contributed by atoms with E-state index in [1.165, 1.54) is 5.56 Å². The average Bonchev–Trinajstić information content (AvgIpc) is 2.71. The number of rotatable bonds is 4. The van der Waals surface area contributed by atoms with Crippen LogP contribution in [0.1, 0.15) is 23.4 Å². The van der Waals surface area contributed by atoms with Crippen LogP contribution in [-0.4, -0.2) is 21.0 Å². The molecule has 0 fully saturated rings. The third-order valence-corrected chi connectivity index (χ3v) is 3.51. The third-order valence-electron chi connectivity index (χ3n) is 2.93. The van der Waals surface area contributed by atoms with Gasteiger partial charge in [-0.3, -0.25) is 4.79 Å². The molecule has 0 unspecified atom stereocenters. The Morgan fingerprint density at radius 3 is 2.84 bits per heavy atom. The number of aliphatic carboxylic acids is 1. The molecule has 2 rings (SSSR count). The van der Waals surface area contributed by atoms with Gasteiger partial charge in [0.05, 0.1) is 6.42 Å². The summed E-state index contributed by atoms with van der Waals surface area (Å²) in [6.45, 7) is 4.07. The molecule has 0 saturated carbocycles. The molecule has 0 aliphatic carbocycles. The van der Waals surface area contributed by atoms with Gasteiger partial charge >= 0.3 is 5.97 Å². The lowest BCUT2D eigenvalue weighted by atomic mass is 10.0. The fourth-order valence-electron chi connectivity index (χ4n) is 1.91. The lowest BCUT2D eigenvalue weighted by Crippen LogP contribution is -1.98. The summed E-state index contributed by atoms with van der Waals surface area (Å²) in [5.74, 6) is -0.133. The normalized spacial score (nSPS) is 10.7. The third kappa shape index (κ3) is 3.23. The van der Waals surface area contributed by atoms with E-state index in [2.05, 4.69) is 44.1 Å². The fourth-order valence-corrected chi connectivity index (χ4v) is 2.44. The van der Waals surface area contributed by atoms with Crippen LogP contribution in [0.15, 0.2) is 22.8 Å². The predicted molar refractivity (Wildman–Crippen MR) is 77.2 cm³/mol. The van der Waals surface area contributed by atoms with Crippen LogP contribution in [0, 0.1) is 13.8 Å². The Kier molecular flexibility index (Phi) is 4.04. The van der Waals surface area contributed by atoms with Gasteiger partial charge in [-0.1, -0.05) is 17.7 Å². The maximum atomic E-state index is 10.6. The number of carboxylic acid groups (broad SMARTS) is 1. The SMILES string of the molecule is Cc1ccc(C)c(-c2nc(CCC(=O)O)[nH]c2Br)c1. The monoisotopic (exact) mass is 322 g/mol. The van der Waals surface area contributed by atoms with E-state index in [-0.39, 0.29) is 6.42 Å². The number of halogens is 1. The van der Waals surface area contributed by atoms with E-state index < -0.39 is 5.97 Å². The number of carboxylic acids is 1. The molecule has 0 spiro atoms. The molecule has 2 aromatic rings. The van der Waals surface area contributed by atoms with E-state index in [0.29, 0.717) is 12.2 Å². The van der Waals surface area contributed by atoms with Crippen molar-refractivity contribution >= 4 is 21.9 Å². The topological polar surface area (TPSA) is 66.0 Å². The molecule has 0 saturated heterocycles. The van der Waals surface area contributed by atoms with Crippen LogP contribution in [0.2, 0.25) is 0 Å². The van der Waals surface area contributed by atoms with Crippen LogP contribution >= 0.6 is 15.9 Å². The van der Waals surface area contributed by atoms with Gasteiger partial charge in [-0.15, -0.1) is 0 Å². The van der Waals surface area contributed by atoms with E-state index >= 15 is 0 Å².